The van der Waals surface area contributed by atoms with E-state index in [0.29, 0.717) is 18.9 Å². The van der Waals surface area contributed by atoms with Crippen LogP contribution in [-0.4, -0.2) is 98.9 Å². The summed E-state index contributed by atoms with van der Waals surface area (Å²) in [7, 11) is 2.73. The van der Waals surface area contributed by atoms with Gasteiger partial charge in [0, 0.05) is 20.2 Å². The van der Waals surface area contributed by atoms with Crippen molar-refractivity contribution in [2.45, 2.75) is 90.4 Å². The molecule has 4 atom stereocenters. The molecule has 0 bridgehead atoms. The highest BCUT2D eigenvalue weighted by molar-refractivity contribution is 5.86. The van der Waals surface area contributed by atoms with Gasteiger partial charge in [-0.3, -0.25) is 15.0 Å². The number of aliphatic hydroxyl groups excluding tert-OH is 1. The quantitative estimate of drug-likeness (QED) is 0.119. The number of ether oxygens (including phenoxy) is 3. The molecule has 0 radical (unpaired) electrons. The standard InChI is InChI=1S/C33H55N5O8/c1-22(2)28(36-33(43)46-18-17-44-5)30(40)34-26(19-24-13-9-7-10-14-24)27(39)21-38(20-25-15-11-8-12-16-25)37-31(41)29(23(3)4)35-32(42)45-6/h7,9-10,13-14,22-23,25-29,39H,8,11-12,15-21H2,1-6H3,(H,34,40)(H,35,42)(H,36,43)(H,37,41)/t26-,27-,28-,29-/m0/s1. The smallest absolute Gasteiger partial charge is 0.407 e. The summed E-state index contributed by atoms with van der Waals surface area (Å²) in [5, 5.41) is 21.6. The number of alkyl carbamates (subject to hydrolysis) is 2. The average Bonchev–Trinajstić information content (AvgIpc) is 3.02. The number of nitrogens with one attached hydrogen (secondary N) is 4. The minimum atomic E-state index is -1.11. The van der Waals surface area contributed by atoms with E-state index in [9.17, 15) is 24.3 Å². The molecule has 13 heteroatoms. The number of carbonyl (C=O) groups excluding carboxylic acids is 4. The number of aliphatic hydroxyl groups is 1. The second-order valence-electron chi connectivity index (χ2n) is 12.6. The molecule has 0 aliphatic heterocycles. The van der Waals surface area contributed by atoms with E-state index in [4.69, 9.17) is 14.2 Å². The van der Waals surface area contributed by atoms with Crippen LogP contribution >= 0.6 is 0 Å². The maximum atomic E-state index is 13.6. The monoisotopic (exact) mass is 649 g/mol. The van der Waals surface area contributed by atoms with Crippen LogP contribution in [0.4, 0.5) is 9.59 Å². The third-order valence-corrected chi connectivity index (χ3v) is 8.12. The number of carbonyl (C=O) groups is 4. The van der Waals surface area contributed by atoms with Crippen LogP contribution in [0.25, 0.3) is 0 Å². The van der Waals surface area contributed by atoms with Gasteiger partial charge in [0.05, 0.1) is 25.9 Å². The molecule has 0 aromatic heterocycles. The maximum absolute atomic E-state index is 13.6. The van der Waals surface area contributed by atoms with Crippen molar-refractivity contribution in [2.75, 3.05) is 40.5 Å². The first-order chi connectivity index (χ1) is 21.9. The van der Waals surface area contributed by atoms with Gasteiger partial charge < -0.3 is 35.3 Å². The number of methoxy groups -OCH3 is 2. The molecule has 1 fully saturated rings. The number of rotatable bonds is 18. The number of hydrazine groups is 1. The molecule has 1 aliphatic rings. The van der Waals surface area contributed by atoms with Gasteiger partial charge in [-0.15, -0.1) is 0 Å². The normalized spacial score (nSPS) is 16.3. The molecule has 0 spiro atoms. The lowest BCUT2D eigenvalue weighted by Gasteiger charge is -2.35. The van der Waals surface area contributed by atoms with Crippen molar-refractivity contribution in [3.05, 3.63) is 35.9 Å². The molecule has 46 heavy (non-hydrogen) atoms. The summed E-state index contributed by atoms with van der Waals surface area (Å²) in [6.45, 7) is 8.02. The topological polar surface area (TPSA) is 168 Å². The van der Waals surface area contributed by atoms with E-state index >= 15 is 0 Å². The average molecular weight is 650 g/mol. The number of nitrogens with zero attached hydrogens (tertiary/aromatic N) is 1. The lowest BCUT2D eigenvalue weighted by atomic mass is 9.89. The van der Waals surface area contributed by atoms with Crippen molar-refractivity contribution in [3.8, 4) is 0 Å². The van der Waals surface area contributed by atoms with Crippen molar-refractivity contribution in [1.82, 2.24) is 26.4 Å². The zero-order valence-corrected chi connectivity index (χ0v) is 28.3. The van der Waals surface area contributed by atoms with Crippen LogP contribution in [0.15, 0.2) is 30.3 Å². The molecular weight excluding hydrogens is 594 g/mol. The summed E-state index contributed by atoms with van der Waals surface area (Å²) in [6.07, 6.45) is 3.10. The Labute approximate surface area is 273 Å². The Kier molecular flexibility index (Phi) is 17.4. The van der Waals surface area contributed by atoms with Crippen LogP contribution in [-0.2, 0) is 30.2 Å². The first kappa shape index (κ1) is 38.8. The second-order valence-corrected chi connectivity index (χ2v) is 12.6. The number of hydrogen-bond acceptors (Lipinski definition) is 9. The molecule has 13 nitrogen and oxygen atoms in total. The summed E-state index contributed by atoms with van der Waals surface area (Å²) in [6, 6.07) is 6.92. The molecule has 2 rings (SSSR count). The lowest BCUT2D eigenvalue weighted by Crippen LogP contribution is -2.60. The van der Waals surface area contributed by atoms with E-state index in [0.717, 1.165) is 31.2 Å². The van der Waals surface area contributed by atoms with Crippen LogP contribution in [0.5, 0.6) is 0 Å². The largest absolute Gasteiger partial charge is 0.453 e. The fraction of sp³-hybridized carbons (Fsp3) is 0.697. The summed E-state index contributed by atoms with van der Waals surface area (Å²) in [5.74, 6) is -1.09. The molecule has 1 aliphatic carbocycles. The van der Waals surface area contributed by atoms with Crippen LogP contribution in [0.3, 0.4) is 0 Å². The van der Waals surface area contributed by atoms with E-state index < -0.39 is 48.2 Å². The van der Waals surface area contributed by atoms with E-state index in [-0.39, 0.29) is 31.6 Å². The minimum absolute atomic E-state index is 0.0158. The first-order valence-electron chi connectivity index (χ1n) is 16.3. The summed E-state index contributed by atoms with van der Waals surface area (Å²) < 4.78 is 14.7. The van der Waals surface area contributed by atoms with Gasteiger partial charge in [0.1, 0.15) is 18.7 Å². The minimum Gasteiger partial charge on any atom is -0.453 e. The highest BCUT2D eigenvalue weighted by atomic mass is 16.6. The molecule has 0 unspecified atom stereocenters. The van der Waals surface area contributed by atoms with Crippen molar-refractivity contribution in [3.63, 3.8) is 0 Å². The zero-order valence-electron chi connectivity index (χ0n) is 28.3. The third kappa shape index (κ3) is 13.9. The summed E-state index contributed by atoms with van der Waals surface area (Å²) in [4.78, 5) is 51.4. The van der Waals surface area contributed by atoms with Gasteiger partial charge in [0.25, 0.3) is 5.91 Å². The van der Waals surface area contributed by atoms with Gasteiger partial charge in [0.15, 0.2) is 0 Å². The number of amides is 4. The van der Waals surface area contributed by atoms with Crippen molar-refractivity contribution in [1.29, 1.82) is 0 Å². The molecule has 1 aromatic rings. The van der Waals surface area contributed by atoms with Gasteiger partial charge in [-0.1, -0.05) is 77.3 Å². The van der Waals surface area contributed by atoms with Crippen molar-refractivity contribution >= 4 is 24.0 Å². The van der Waals surface area contributed by atoms with Crippen LogP contribution in [0.2, 0.25) is 0 Å². The van der Waals surface area contributed by atoms with Crippen molar-refractivity contribution in [2.24, 2.45) is 17.8 Å². The Hall–Kier alpha value is -3.42. The van der Waals surface area contributed by atoms with Crippen LogP contribution in [0.1, 0.15) is 65.4 Å². The highest BCUT2D eigenvalue weighted by Crippen LogP contribution is 2.24. The molecule has 260 valence electrons. The molecule has 5 N–H and O–H groups in total. The summed E-state index contributed by atoms with van der Waals surface area (Å²) in [5.41, 5.74) is 3.83. The highest BCUT2D eigenvalue weighted by Gasteiger charge is 2.32. The third-order valence-electron chi connectivity index (χ3n) is 8.12. The molecule has 0 saturated heterocycles. The van der Waals surface area contributed by atoms with E-state index in [1.54, 1.807) is 18.9 Å². The predicted molar refractivity (Wildman–Crippen MR) is 174 cm³/mol. The first-order valence-corrected chi connectivity index (χ1v) is 16.3. The maximum Gasteiger partial charge on any atom is 0.407 e. The Morgan fingerprint density at radius 2 is 1.46 bits per heavy atom. The Balaban J connectivity index is 2.28. The Bertz CT molecular complexity index is 1070. The molecular formula is C33H55N5O8. The fourth-order valence-corrected chi connectivity index (χ4v) is 5.49. The summed E-state index contributed by atoms with van der Waals surface area (Å²) >= 11 is 0. The predicted octanol–water partition coefficient (Wildman–Crippen LogP) is 2.77. The SMILES string of the molecule is COCCOC(=O)N[C@H](C(=O)N[C@@H](Cc1ccccc1)[C@@H](O)CN(CC1CCCCC1)NC(=O)[C@@H](NC(=O)OC)C(C)C)C(C)C. The van der Waals surface area contributed by atoms with Gasteiger partial charge in [-0.05, 0) is 42.6 Å². The molecule has 1 aromatic carbocycles. The second kappa shape index (κ2) is 20.7. The zero-order chi connectivity index (χ0) is 34.1. The van der Waals surface area contributed by atoms with Gasteiger partial charge >= 0.3 is 12.2 Å². The Morgan fingerprint density at radius 3 is 2.04 bits per heavy atom. The van der Waals surface area contributed by atoms with Crippen LogP contribution < -0.4 is 21.4 Å². The van der Waals surface area contributed by atoms with Crippen molar-refractivity contribution < 1.29 is 38.5 Å². The lowest BCUT2D eigenvalue weighted by molar-refractivity contribution is -0.131. The number of hydrogen-bond donors (Lipinski definition) is 5. The van der Waals surface area contributed by atoms with Gasteiger partial charge in [-0.2, -0.15) is 0 Å². The van der Waals surface area contributed by atoms with E-state index in [1.807, 2.05) is 44.2 Å². The van der Waals surface area contributed by atoms with E-state index in [2.05, 4.69) is 21.4 Å². The molecule has 0 heterocycles. The number of benzene rings is 1. The van der Waals surface area contributed by atoms with Gasteiger partial charge in [-0.25, -0.2) is 14.6 Å². The molecule has 1 saturated carbocycles. The van der Waals surface area contributed by atoms with Gasteiger partial charge in [0.2, 0.25) is 5.91 Å². The Morgan fingerprint density at radius 1 is 0.848 bits per heavy atom. The fourth-order valence-electron chi connectivity index (χ4n) is 5.49. The molecule has 4 amide bonds. The van der Waals surface area contributed by atoms with Crippen LogP contribution in [0, 0.1) is 17.8 Å². The van der Waals surface area contributed by atoms with E-state index in [1.165, 1.54) is 20.6 Å².